The average molecular weight is 235 g/mol. The minimum Gasteiger partial charge on any atom is -0.368 e. The summed E-state index contributed by atoms with van der Waals surface area (Å²) in [6, 6.07) is 0. The van der Waals surface area contributed by atoms with Gasteiger partial charge < -0.3 is 14.4 Å². The van der Waals surface area contributed by atoms with Crippen molar-refractivity contribution in [3.63, 3.8) is 0 Å². The van der Waals surface area contributed by atoms with E-state index in [1.165, 1.54) is 6.92 Å². The van der Waals surface area contributed by atoms with E-state index in [1.807, 2.05) is 0 Å². The van der Waals surface area contributed by atoms with Crippen LogP contribution < -0.4 is 0 Å². The molecule has 0 aromatic carbocycles. The van der Waals surface area contributed by atoms with Gasteiger partial charge in [-0.15, -0.1) is 0 Å². The second-order valence-electron chi connectivity index (χ2n) is 5.16. The molecule has 3 fully saturated rings. The van der Waals surface area contributed by atoms with E-state index in [9.17, 15) is 9.59 Å². The molecular weight excluding hydrogens is 222 g/mol. The van der Waals surface area contributed by atoms with E-state index in [4.69, 9.17) is 9.47 Å². The number of amides is 1. The fourth-order valence-corrected chi connectivity index (χ4v) is 3.57. The first-order chi connectivity index (χ1) is 8.11. The Morgan fingerprint density at radius 3 is 3.18 bits per heavy atom. The molecule has 0 aromatic heterocycles. The lowest BCUT2D eigenvalue weighted by Crippen LogP contribution is -2.57. The maximum atomic E-state index is 12.4. The van der Waals surface area contributed by atoms with Gasteiger partial charge in [-0.25, -0.2) is 0 Å². The number of Topliss-reactive ketones (excluding diaryl/α,β-unsaturated/α-hetero) is 1. The summed E-state index contributed by atoms with van der Waals surface area (Å²) in [5, 5.41) is 0. The van der Waals surface area contributed by atoms with Gasteiger partial charge in [0.05, 0.1) is 6.61 Å². The van der Waals surface area contributed by atoms with Crippen LogP contribution in [0.3, 0.4) is 0 Å². The highest BCUT2D eigenvalue weighted by atomic mass is 16.6. The molecule has 4 aliphatic heterocycles. The minimum absolute atomic E-state index is 0.102. The van der Waals surface area contributed by atoms with Gasteiger partial charge in [-0.2, -0.15) is 0 Å². The van der Waals surface area contributed by atoms with Crippen LogP contribution in [0.15, 0.2) is 11.6 Å². The second kappa shape index (κ2) is 2.62. The van der Waals surface area contributed by atoms with Crippen molar-refractivity contribution < 1.29 is 19.1 Å². The fraction of sp³-hybridized carbons (Fsp3) is 0.667. The Morgan fingerprint density at radius 2 is 2.41 bits per heavy atom. The van der Waals surface area contributed by atoms with Gasteiger partial charge in [0, 0.05) is 12.1 Å². The van der Waals surface area contributed by atoms with Gasteiger partial charge in [0.2, 0.25) is 5.60 Å². The van der Waals surface area contributed by atoms with Crippen LogP contribution in [0.2, 0.25) is 0 Å². The van der Waals surface area contributed by atoms with Crippen LogP contribution in [0.25, 0.3) is 0 Å². The number of carbonyl (C=O) groups is 2. The van der Waals surface area contributed by atoms with Crippen molar-refractivity contribution >= 4 is 11.7 Å². The average Bonchev–Trinajstić information content (AvgIpc) is 2.86. The first kappa shape index (κ1) is 9.79. The molecule has 4 heterocycles. The Hall–Kier alpha value is -1.20. The zero-order valence-corrected chi connectivity index (χ0v) is 9.56. The van der Waals surface area contributed by atoms with Crippen LogP contribution in [-0.2, 0) is 19.1 Å². The van der Waals surface area contributed by atoms with Crippen molar-refractivity contribution in [3.8, 4) is 0 Å². The number of hydrogen-bond acceptors (Lipinski definition) is 4. The molecule has 5 nitrogen and oxygen atoms in total. The molecule has 4 rings (SSSR count). The summed E-state index contributed by atoms with van der Waals surface area (Å²) >= 11 is 0. The first-order valence-electron chi connectivity index (χ1n) is 5.98. The van der Waals surface area contributed by atoms with E-state index in [2.05, 4.69) is 0 Å². The SMILES string of the molecule is CC(=O)[C@@]12C=C3CO[C@H]4CCCN(C1=O)[C@@]34O2. The van der Waals surface area contributed by atoms with Gasteiger partial charge in [0.15, 0.2) is 11.5 Å². The number of ether oxygens (including phenoxy) is 2. The molecule has 0 aliphatic carbocycles. The molecule has 1 amide bonds. The van der Waals surface area contributed by atoms with Gasteiger partial charge in [0.25, 0.3) is 5.91 Å². The molecule has 0 aromatic rings. The van der Waals surface area contributed by atoms with Gasteiger partial charge in [-0.1, -0.05) is 0 Å². The van der Waals surface area contributed by atoms with Crippen LogP contribution in [0.5, 0.6) is 0 Å². The van der Waals surface area contributed by atoms with E-state index in [0.29, 0.717) is 13.2 Å². The van der Waals surface area contributed by atoms with Crippen molar-refractivity contribution in [2.45, 2.75) is 37.2 Å². The largest absolute Gasteiger partial charge is 0.368 e. The maximum absolute atomic E-state index is 12.4. The third-order valence-electron chi connectivity index (χ3n) is 4.37. The highest BCUT2D eigenvalue weighted by molar-refractivity contribution is 6.13. The second-order valence-corrected chi connectivity index (χ2v) is 5.16. The lowest BCUT2D eigenvalue weighted by molar-refractivity contribution is -0.159. The lowest BCUT2D eigenvalue weighted by atomic mass is 9.86. The lowest BCUT2D eigenvalue weighted by Gasteiger charge is -2.41. The van der Waals surface area contributed by atoms with E-state index in [0.717, 1.165) is 18.4 Å². The number of fused-ring (bicyclic) bond motifs is 1. The summed E-state index contributed by atoms with van der Waals surface area (Å²) in [6.07, 6.45) is 3.38. The number of hydrogen-bond donors (Lipinski definition) is 0. The monoisotopic (exact) mass is 235 g/mol. The molecule has 3 atom stereocenters. The quantitative estimate of drug-likeness (QED) is 0.474. The first-order valence-corrected chi connectivity index (χ1v) is 5.98. The Labute approximate surface area is 98.4 Å². The van der Waals surface area contributed by atoms with Crippen LogP contribution in [0.1, 0.15) is 19.8 Å². The smallest absolute Gasteiger partial charge is 0.269 e. The molecule has 1 spiro atoms. The summed E-state index contributed by atoms with van der Waals surface area (Å²) in [4.78, 5) is 25.9. The molecule has 2 bridgehead atoms. The number of nitrogens with zero attached hydrogens (tertiary/aromatic N) is 1. The number of carbonyl (C=O) groups excluding carboxylic acids is 2. The number of ketones is 1. The predicted molar refractivity (Wildman–Crippen MR) is 56.0 cm³/mol. The Bertz CT molecular complexity index is 485. The molecule has 3 saturated heterocycles. The third-order valence-corrected chi connectivity index (χ3v) is 4.37. The summed E-state index contributed by atoms with van der Waals surface area (Å²) in [5.41, 5.74) is -1.14. The molecule has 0 radical (unpaired) electrons. The van der Waals surface area contributed by atoms with E-state index >= 15 is 0 Å². The molecule has 17 heavy (non-hydrogen) atoms. The van der Waals surface area contributed by atoms with Crippen LogP contribution in [0.4, 0.5) is 0 Å². The number of rotatable bonds is 1. The molecule has 0 unspecified atom stereocenters. The minimum atomic E-state index is -1.35. The van der Waals surface area contributed by atoms with Crippen molar-refractivity contribution in [1.82, 2.24) is 4.90 Å². The van der Waals surface area contributed by atoms with Crippen LogP contribution in [0, 0.1) is 0 Å². The standard InChI is InChI=1S/C12H13NO4/c1-7(14)11-5-8-6-16-9-3-2-4-13(10(11)15)12(8,9)17-11/h5,9H,2-4,6H2,1H3/t9-,11-,12+/m0/s1. The fourth-order valence-electron chi connectivity index (χ4n) is 3.57. The summed E-state index contributed by atoms with van der Waals surface area (Å²) in [6.45, 7) is 2.55. The van der Waals surface area contributed by atoms with Crippen molar-refractivity contribution in [2.75, 3.05) is 13.2 Å². The molecule has 0 saturated carbocycles. The van der Waals surface area contributed by atoms with Crippen molar-refractivity contribution in [2.24, 2.45) is 0 Å². The Morgan fingerprint density at radius 1 is 1.59 bits per heavy atom. The number of piperidine rings is 1. The van der Waals surface area contributed by atoms with Gasteiger partial charge >= 0.3 is 0 Å². The molecule has 90 valence electrons. The van der Waals surface area contributed by atoms with E-state index < -0.39 is 11.3 Å². The van der Waals surface area contributed by atoms with Gasteiger partial charge in [-0.3, -0.25) is 9.59 Å². The molecule has 5 heteroatoms. The Balaban J connectivity index is 1.95. The van der Waals surface area contributed by atoms with Crippen LogP contribution >= 0.6 is 0 Å². The van der Waals surface area contributed by atoms with E-state index in [-0.39, 0.29) is 17.8 Å². The van der Waals surface area contributed by atoms with E-state index in [1.54, 1.807) is 11.0 Å². The van der Waals surface area contributed by atoms with Crippen molar-refractivity contribution in [3.05, 3.63) is 11.6 Å². The van der Waals surface area contributed by atoms with Crippen LogP contribution in [-0.4, -0.2) is 47.2 Å². The zero-order chi connectivity index (χ0) is 11.8. The zero-order valence-electron chi connectivity index (χ0n) is 9.56. The highest BCUT2D eigenvalue weighted by Gasteiger charge is 2.74. The predicted octanol–water partition coefficient (Wildman–Crippen LogP) is 0.00190. The summed E-state index contributed by atoms with van der Waals surface area (Å²) in [7, 11) is 0. The van der Waals surface area contributed by atoms with Gasteiger partial charge in [0.1, 0.15) is 6.10 Å². The van der Waals surface area contributed by atoms with Crippen molar-refractivity contribution in [1.29, 1.82) is 0 Å². The molecular formula is C12H13NO4. The Kier molecular flexibility index (Phi) is 1.51. The van der Waals surface area contributed by atoms with Gasteiger partial charge in [-0.05, 0) is 25.8 Å². The maximum Gasteiger partial charge on any atom is 0.269 e. The highest BCUT2D eigenvalue weighted by Crippen LogP contribution is 2.56. The summed E-state index contributed by atoms with van der Waals surface area (Å²) < 4.78 is 11.6. The molecule has 0 N–H and O–H groups in total. The molecule has 4 aliphatic rings. The summed E-state index contributed by atoms with van der Waals surface area (Å²) in [5.74, 6) is -0.434. The normalized spacial score (nSPS) is 46.2. The third kappa shape index (κ3) is 0.807. The topological polar surface area (TPSA) is 55.8 Å².